The molecule has 0 radical (unpaired) electrons. The van der Waals surface area contributed by atoms with Crippen LogP contribution in [0.1, 0.15) is 43.7 Å². The summed E-state index contributed by atoms with van der Waals surface area (Å²) in [5.74, 6) is 0.880. The van der Waals surface area contributed by atoms with E-state index in [1.165, 1.54) is 11.1 Å². The highest BCUT2D eigenvalue weighted by Gasteiger charge is 2.22. The minimum Gasteiger partial charge on any atom is -0.334 e. The van der Waals surface area contributed by atoms with E-state index in [4.69, 9.17) is 5.73 Å². The van der Waals surface area contributed by atoms with E-state index in [0.29, 0.717) is 12.3 Å². The van der Waals surface area contributed by atoms with Gasteiger partial charge >= 0.3 is 0 Å². The molecule has 0 aliphatic carbocycles. The number of carbonyl (C=O) groups excluding carboxylic acids is 1. The number of hydrogen-bond donors (Lipinski definition) is 1. The molecule has 3 nitrogen and oxygen atoms in total. The zero-order valence-electron chi connectivity index (χ0n) is 11.8. The fraction of sp³-hybridized carbons (Fsp3) is 0.562. The van der Waals surface area contributed by atoms with Crippen molar-refractivity contribution in [3.8, 4) is 0 Å². The second kappa shape index (κ2) is 6.71. The first-order valence-corrected chi connectivity index (χ1v) is 7.29. The molecule has 104 valence electrons. The van der Waals surface area contributed by atoms with Gasteiger partial charge in [-0.3, -0.25) is 4.79 Å². The fourth-order valence-electron chi connectivity index (χ4n) is 2.78. The predicted octanol–water partition coefficient (Wildman–Crippen LogP) is 2.68. The molecule has 1 amide bonds. The molecule has 1 aromatic carbocycles. The van der Waals surface area contributed by atoms with Crippen LogP contribution >= 0.6 is 0 Å². The SMILES string of the molecule is CCC(CCN)CCC(=O)N1Cc2ccccc2C1. The first-order chi connectivity index (χ1) is 9.24. The van der Waals surface area contributed by atoms with E-state index in [1.54, 1.807) is 0 Å². The number of fused-ring (bicyclic) bond motifs is 1. The normalized spacial score (nSPS) is 15.4. The zero-order valence-corrected chi connectivity index (χ0v) is 11.8. The van der Waals surface area contributed by atoms with Crippen LogP contribution < -0.4 is 5.73 Å². The van der Waals surface area contributed by atoms with Crippen molar-refractivity contribution >= 4 is 5.91 Å². The molecule has 3 heteroatoms. The molecular weight excluding hydrogens is 236 g/mol. The summed E-state index contributed by atoms with van der Waals surface area (Å²) in [7, 11) is 0. The van der Waals surface area contributed by atoms with Gasteiger partial charge in [-0.2, -0.15) is 0 Å². The molecular formula is C16H24N2O. The van der Waals surface area contributed by atoms with Crippen LogP contribution in [-0.2, 0) is 17.9 Å². The van der Waals surface area contributed by atoms with Crippen LogP contribution in [0, 0.1) is 5.92 Å². The van der Waals surface area contributed by atoms with E-state index in [2.05, 4.69) is 19.1 Å². The van der Waals surface area contributed by atoms with Crippen molar-refractivity contribution in [2.45, 2.75) is 45.7 Å². The highest BCUT2D eigenvalue weighted by molar-refractivity contribution is 5.77. The third-order valence-electron chi connectivity index (χ3n) is 4.11. The summed E-state index contributed by atoms with van der Waals surface area (Å²) < 4.78 is 0. The highest BCUT2D eigenvalue weighted by Crippen LogP contribution is 2.24. The highest BCUT2D eigenvalue weighted by atomic mass is 16.2. The van der Waals surface area contributed by atoms with Gasteiger partial charge in [-0.1, -0.05) is 37.6 Å². The monoisotopic (exact) mass is 260 g/mol. The lowest BCUT2D eigenvalue weighted by atomic mass is 9.96. The summed E-state index contributed by atoms with van der Waals surface area (Å²) in [6.07, 6.45) is 3.78. The standard InChI is InChI=1S/C16H24N2O/c1-2-13(9-10-17)7-8-16(19)18-11-14-5-3-4-6-15(14)12-18/h3-6,13H,2,7-12,17H2,1H3. The summed E-state index contributed by atoms with van der Waals surface area (Å²) in [6, 6.07) is 8.32. The number of nitrogens with two attached hydrogens (primary N) is 1. The van der Waals surface area contributed by atoms with Crippen LogP contribution in [-0.4, -0.2) is 17.4 Å². The Bertz CT molecular complexity index is 406. The van der Waals surface area contributed by atoms with Crippen molar-refractivity contribution in [3.05, 3.63) is 35.4 Å². The number of amides is 1. The van der Waals surface area contributed by atoms with Crippen molar-refractivity contribution in [2.24, 2.45) is 11.7 Å². The van der Waals surface area contributed by atoms with Gasteiger partial charge in [-0.25, -0.2) is 0 Å². The van der Waals surface area contributed by atoms with E-state index < -0.39 is 0 Å². The Labute approximate surface area is 115 Å². The van der Waals surface area contributed by atoms with Gasteiger partial charge in [-0.05, 0) is 36.4 Å². The Morgan fingerprint density at radius 1 is 1.26 bits per heavy atom. The lowest BCUT2D eigenvalue weighted by Gasteiger charge is -2.18. The topological polar surface area (TPSA) is 46.3 Å². The summed E-state index contributed by atoms with van der Waals surface area (Å²) in [5, 5.41) is 0. The fourth-order valence-corrected chi connectivity index (χ4v) is 2.78. The second-order valence-electron chi connectivity index (χ2n) is 5.41. The Morgan fingerprint density at radius 3 is 2.42 bits per heavy atom. The minimum absolute atomic E-state index is 0.284. The van der Waals surface area contributed by atoms with Gasteiger partial charge in [0.2, 0.25) is 5.91 Å². The second-order valence-corrected chi connectivity index (χ2v) is 5.41. The van der Waals surface area contributed by atoms with Crippen molar-refractivity contribution < 1.29 is 4.79 Å². The third-order valence-corrected chi connectivity index (χ3v) is 4.11. The van der Waals surface area contributed by atoms with Gasteiger partial charge in [0.05, 0.1) is 0 Å². The Morgan fingerprint density at radius 2 is 1.89 bits per heavy atom. The Kier molecular flexibility index (Phi) is 4.97. The molecule has 0 aromatic heterocycles. The van der Waals surface area contributed by atoms with Gasteiger partial charge in [0.1, 0.15) is 0 Å². The van der Waals surface area contributed by atoms with Crippen molar-refractivity contribution in [1.82, 2.24) is 4.90 Å². The molecule has 0 fully saturated rings. The van der Waals surface area contributed by atoms with Gasteiger partial charge < -0.3 is 10.6 Å². The van der Waals surface area contributed by atoms with E-state index in [-0.39, 0.29) is 5.91 Å². The molecule has 19 heavy (non-hydrogen) atoms. The van der Waals surface area contributed by atoms with Crippen LogP contribution in [0.3, 0.4) is 0 Å². The van der Waals surface area contributed by atoms with Gasteiger partial charge in [0, 0.05) is 19.5 Å². The molecule has 1 atom stereocenters. The lowest BCUT2D eigenvalue weighted by Crippen LogP contribution is -2.25. The summed E-state index contributed by atoms with van der Waals surface area (Å²) in [4.78, 5) is 14.2. The maximum absolute atomic E-state index is 12.2. The van der Waals surface area contributed by atoms with Crippen LogP contribution in [0.4, 0.5) is 0 Å². The van der Waals surface area contributed by atoms with Crippen LogP contribution in [0.25, 0.3) is 0 Å². The zero-order chi connectivity index (χ0) is 13.7. The molecule has 1 aromatic rings. The third kappa shape index (κ3) is 3.57. The van der Waals surface area contributed by atoms with Crippen molar-refractivity contribution in [2.75, 3.05) is 6.54 Å². The van der Waals surface area contributed by atoms with Crippen molar-refractivity contribution in [3.63, 3.8) is 0 Å². The van der Waals surface area contributed by atoms with Crippen LogP contribution in [0.15, 0.2) is 24.3 Å². The number of carbonyl (C=O) groups is 1. The first-order valence-electron chi connectivity index (χ1n) is 7.29. The van der Waals surface area contributed by atoms with Gasteiger partial charge in [0.15, 0.2) is 0 Å². The largest absolute Gasteiger partial charge is 0.334 e. The smallest absolute Gasteiger partial charge is 0.223 e. The summed E-state index contributed by atoms with van der Waals surface area (Å²) in [5.41, 5.74) is 8.19. The first kappa shape index (κ1) is 14.1. The van der Waals surface area contributed by atoms with Crippen molar-refractivity contribution in [1.29, 1.82) is 0 Å². The molecule has 1 aliphatic rings. The van der Waals surface area contributed by atoms with E-state index in [9.17, 15) is 4.79 Å². The quantitative estimate of drug-likeness (QED) is 0.854. The van der Waals surface area contributed by atoms with Gasteiger partial charge in [0.25, 0.3) is 0 Å². The average Bonchev–Trinajstić information content (AvgIpc) is 2.87. The average molecular weight is 260 g/mol. The molecule has 1 heterocycles. The summed E-state index contributed by atoms with van der Waals surface area (Å²) >= 11 is 0. The van der Waals surface area contributed by atoms with Gasteiger partial charge in [-0.15, -0.1) is 0 Å². The Hall–Kier alpha value is -1.35. The van der Waals surface area contributed by atoms with Crippen LogP contribution in [0.2, 0.25) is 0 Å². The molecule has 0 saturated carbocycles. The lowest BCUT2D eigenvalue weighted by molar-refractivity contribution is -0.132. The minimum atomic E-state index is 0.284. The summed E-state index contributed by atoms with van der Waals surface area (Å²) in [6.45, 7) is 4.46. The number of nitrogens with zero attached hydrogens (tertiary/aromatic N) is 1. The van der Waals surface area contributed by atoms with E-state index >= 15 is 0 Å². The molecule has 0 spiro atoms. The number of hydrogen-bond acceptors (Lipinski definition) is 2. The molecule has 2 N–H and O–H groups in total. The van der Waals surface area contributed by atoms with E-state index in [0.717, 1.165) is 38.9 Å². The molecule has 0 bridgehead atoms. The molecule has 0 saturated heterocycles. The predicted molar refractivity (Wildman–Crippen MR) is 77.4 cm³/mol. The molecule has 2 rings (SSSR count). The number of rotatable bonds is 6. The molecule has 1 aliphatic heterocycles. The van der Waals surface area contributed by atoms with Crippen LogP contribution in [0.5, 0.6) is 0 Å². The maximum Gasteiger partial charge on any atom is 0.223 e. The number of benzene rings is 1. The van der Waals surface area contributed by atoms with E-state index in [1.807, 2.05) is 17.0 Å². The molecule has 1 unspecified atom stereocenters. The Balaban J connectivity index is 1.83. The maximum atomic E-state index is 12.2.